The zero-order valence-electron chi connectivity index (χ0n) is 15.3. The molecule has 4 unspecified atom stereocenters. The SMILES string of the molecule is C=C1CCC=C(C)CCC2C(C(C)(C)O)CCC2(C)CC1OO. The molecular formula is C20H34O3. The Hall–Kier alpha value is -0.640. The molecule has 0 radical (unpaired) electrons. The van der Waals surface area contributed by atoms with Crippen molar-refractivity contribution in [1.29, 1.82) is 0 Å². The number of allylic oxidation sites excluding steroid dienone is 2. The summed E-state index contributed by atoms with van der Waals surface area (Å²) >= 11 is 0. The van der Waals surface area contributed by atoms with E-state index in [0.29, 0.717) is 11.8 Å². The second-order valence-corrected chi connectivity index (χ2v) is 8.64. The summed E-state index contributed by atoms with van der Waals surface area (Å²) in [6.45, 7) is 12.5. The predicted octanol–water partition coefficient (Wildman–Crippen LogP) is 5.11. The summed E-state index contributed by atoms with van der Waals surface area (Å²) in [5.74, 6) is 0.739. The Balaban J connectivity index is 2.32. The first kappa shape index (κ1) is 18.7. The molecule has 2 aliphatic carbocycles. The quantitative estimate of drug-likeness (QED) is 0.422. The average Bonchev–Trinajstić information content (AvgIpc) is 2.78. The van der Waals surface area contributed by atoms with Gasteiger partial charge >= 0.3 is 0 Å². The number of rotatable bonds is 2. The molecule has 0 aliphatic heterocycles. The monoisotopic (exact) mass is 322 g/mol. The molecule has 0 spiro atoms. The number of aliphatic hydroxyl groups is 1. The summed E-state index contributed by atoms with van der Waals surface area (Å²) in [5, 5.41) is 20.0. The lowest BCUT2D eigenvalue weighted by Crippen LogP contribution is -2.39. The van der Waals surface area contributed by atoms with Gasteiger partial charge in [0, 0.05) is 0 Å². The van der Waals surface area contributed by atoms with E-state index in [4.69, 9.17) is 4.89 Å². The Bertz CT molecular complexity index is 460. The van der Waals surface area contributed by atoms with Gasteiger partial charge < -0.3 is 5.11 Å². The molecule has 2 N–H and O–H groups in total. The van der Waals surface area contributed by atoms with Crippen LogP contribution in [0.5, 0.6) is 0 Å². The van der Waals surface area contributed by atoms with Crippen LogP contribution in [0, 0.1) is 17.3 Å². The molecule has 0 amide bonds. The molecule has 3 nitrogen and oxygen atoms in total. The van der Waals surface area contributed by atoms with Crippen LogP contribution in [0.15, 0.2) is 23.8 Å². The average molecular weight is 322 g/mol. The van der Waals surface area contributed by atoms with Gasteiger partial charge in [0.25, 0.3) is 0 Å². The van der Waals surface area contributed by atoms with E-state index in [1.807, 2.05) is 13.8 Å². The lowest BCUT2D eigenvalue weighted by molar-refractivity contribution is -0.275. The lowest BCUT2D eigenvalue weighted by Gasteiger charge is -2.40. The first-order valence-electron chi connectivity index (χ1n) is 9.03. The van der Waals surface area contributed by atoms with Crippen molar-refractivity contribution in [1.82, 2.24) is 0 Å². The van der Waals surface area contributed by atoms with E-state index in [-0.39, 0.29) is 11.5 Å². The highest BCUT2D eigenvalue weighted by atomic mass is 17.1. The van der Waals surface area contributed by atoms with Crippen LogP contribution in [0.1, 0.15) is 72.6 Å². The predicted molar refractivity (Wildman–Crippen MR) is 94.1 cm³/mol. The fourth-order valence-electron chi connectivity index (χ4n) is 4.84. The molecule has 1 saturated carbocycles. The highest BCUT2D eigenvalue weighted by Crippen LogP contribution is 2.55. The Morgan fingerprint density at radius 2 is 2.00 bits per heavy atom. The van der Waals surface area contributed by atoms with E-state index in [2.05, 4.69) is 26.5 Å². The van der Waals surface area contributed by atoms with Crippen molar-refractivity contribution in [2.75, 3.05) is 0 Å². The number of hydrogen-bond acceptors (Lipinski definition) is 3. The number of fused-ring (bicyclic) bond motifs is 1. The molecule has 0 saturated heterocycles. The maximum atomic E-state index is 10.6. The Labute approximate surface area is 141 Å². The molecule has 2 rings (SSSR count). The molecule has 0 aromatic carbocycles. The van der Waals surface area contributed by atoms with E-state index in [1.165, 1.54) is 5.57 Å². The van der Waals surface area contributed by atoms with Crippen LogP contribution >= 0.6 is 0 Å². The fourth-order valence-corrected chi connectivity index (χ4v) is 4.84. The van der Waals surface area contributed by atoms with Crippen molar-refractivity contribution in [2.24, 2.45) is 17.3 Å². The summed E-state index contributed by atoms with van der Waals surface area (Å²) in [6, 6.07) is 0. The van der Waals surface area contributed by atoms with E-state index >= 15 is 0 Å². The number of hydrogen-bond donors (Lipinski definition) is 2. The van der Waals surface area contributed by atoms with E-state index in [0.717, 1.165) is 50.5 Å². The van der Waals surface area contributed by atoms with E-state index < -0.39 is 5.60 Å². The highest BCUT2D eigenvalue weighted by molar-refractivity contribution is 5.11. The van der Waals surface area contributed by atoms with Crippen LogP contribution in [-0.4, -0.2) is 22.1 Å². The van der Waals surface area contributed by atoms with Gasteiger partial charge in [0.1, 0.15) is 6.10 Å². The first-order valence-corrected chi connectivity index (χ1v) is 9.03. The molecule has 0 heterocycles. The van der Waals surface area contributed by atoms with Crippen LogP contribution < -0.4 is 0 Å². The second-order valence-electron chi connectivity index (χ2n) is 8.64. The molecule has 23 heavy (non-hydrogen) atoms. The molecule has 0 aromatic rings. The third-order valence-corrected chi connectivity index (χ3v) is 6.36. The summed E-state index contributed by atoms with van der Waals surface area (Å²) in [6.07, 6.45) is 8.89. The summed E-state index contributed by atoms with van der Waals surface area (Å²) < 4.78 is 0. The smallest absolute Gasteiger partial charge is 0.114 e. The van der Waals surface area contributed by atoms with Crippen LogP contribution in [-0.2, 0) is 4.89 Å². The van der Waals surface area contributed by atoms with Crippen molar-refractivity contribution in [3.8, 4) is 0 Å². The maximum Gasteiger partial charge on any atom is 0.114 e. The summed E-state index contributed by atoms with van der Waals surface area (Å²) in [5.41, 5.74) is 1.81. The van der Waals surface area contributed by atoms with Gasteiger partial charge in [0.05, 0.1) is 5.60 Å². The van der Waals surface area contributed by atoms with Gasteiger partial charge in [-0.25, -0.2) is 4.89 Å². The van der Waals surface area contributed by atoms with Crippen LogP contribution in [0.3, 0.4) is 0 Å². The van der Waals surface area contributed by atoms with Crippen molar-refractivity contribution < 1.29 is 15.3 Å². The minimum atomic E-state index is -0.660. The van der Waals surface area contributed by atoms with Gasteiger partial charge in [-0.15, -0.1) is 0 Å². The van der Waals surface area contributed by atoms with Gasteiger partial charge in [-0.2, -0.15) is 0 Å². The molecule has 0 bridgehead atoms. The molecule has 3 heteroatoms. The fraction of sp³-hybridized carbons (Fsp3) is 0.800. The second kappa shape index (κ2) is 7.08. The summed E-state index contributed by atoms with van der Waals surface area (Å²) in [7, 11) is 0. The van der Waals surface area contributed by atoms with Gasteiger partial charge in [0.15, 0.2) is 0 Å². The van der Waals surface area contributed by atoms with Crippen LogP contribution in [0.2, 0.25) is 0 Å². The molecule has 132 valence electrons. The molecule has 2 aliphatic rings. The topological polar surface area (TPSA) is 49.7 Å². The van der Waals surface area contributed by atoms with Gasteiger partial charge in [-0.1, -0.05) is 25.2 Å². The molecule has 4 atom stereocenters. The van der Waals surface area contributed by atoms with Crippen molar-refractivity contribution in [2.45, 2.75) is 84.3 Å². The van der Waals surface area contributed by atoms with Gasteiger partial charge in [0.2, 0.25) is 0 Å². The lowest BCUT2D eigenvalue weighted by atomic mass is 9.67. The Kier molecular flexibility index (Phi) is 5.76. The molecular weight excluding hydrogens is 288 g/mol. The maximum absolute atomic E-state index is 10.6. The van der Waals surface area contributed by atoms with Crippen molar-refractivity contribution >= 4 is 0 Å². The van der Waals surface area contributed by atoms with Crippen molar-refractivity contribution in [3.05, 3.63) is 23.8 Å². The van der Waals surface area contributed by atoms with Gasteiger partial charge in [-0.05, 0) is 88.5 Å². The minimum Gasteiger partial charge on any atom is -0.390 e. The van der Waals surface area contributed by atoms with Crippen molar-refractivity contribution in [3.63, 3.8) is 0 Å². The minimum absolute atomic E-state index is 0.0750. The third-order valence-electron chi connectivity index (χ3n) is 6.36. The van der Waals surface area contributed by atoms with E-state index in [1.54, 1.807) is 0 Å². The van der Waals surface area contributed by atoms with Crippen LogP contribution in [0.25, 0.3) is 0 Å². The Morgan fingerprint density at radius 1 is 1.30 bits per heavy atom. The summed E-state index contributed by atoms with van der Waals surface area (Å²) in [4.78, 5) is 4.81. The normalized spacial score (nSPS) is 37.0. The highest BCUT2D eigenvalue weighted by Gasteiger charge is 2.50. The first-order chi connectivity index (χ1) is 10.7. The van der Waals surface area contributed by atoms with E-state index in [9.17, 15) is 10.4 Å². The zero-order valence-corrected chi connectivity index (χ0v) is 15.3. The van der Waals surface area contributed by atoms with Gasteiger partial charge in [-0.3, -0.25) is 5.26 Å². The molecule has 0 aromatic heterocycles. The zero-order chi connectivity index (χ0) is 17.3. The van der Waals surface area contributed by atoms with Crippen LogP contribution in [0.4, 0.5) is 0 Å². The molecule has 1 fully saturated rings. The standard InChI is InChI=1S/C20H34O3/c1-14-7-6-8-15(2)18(23-22)13-20(5)12-11-16(19(3,4)21)17(20)10-9-14/h7,16-18,21-22H,2,6,8-13H2,1,3-5H3. The largest absolute Gasteiger partial charge is 0.390 e. The third kappa shape index (κ3) is 4.26. The Morgan fingerprint density at radius 3 is 2.61 bits per heavy atom.